The fraction of sp³-hybridized carbons (Fsp3) is 0.500. The summed E-state index contributed by atoms with van der Waals surface area (Å²) in [5.41, 5.74) is 7.01. The number of Topliss-reactive ketones (excluding diaryl/α,β-unsaturated/α-hetero) is 1. The number of nitrogens with two attached hydrogens (primary N) is 1. The lowest BCUT2D eigenvalue weighted by Crippen LogP contribution is -2.51. The molecule has 1 aromatic rings. The number of hydrogen-bond acceptors (Lipinski definition) is 5. The second-order valence-electron chi connectivity index (χ2n) is 6.64. The predicted octanol–water partition coefficient (Wildman–Crippen LogP) is 1.62. The number of benzene rings is 1. The van der Waals surface area contributed by atoms with Gasteiger partial charge in [-0.1, -0.05) is 31.2 Å². The molecule has 1 atom stereocenters. The maximum Gasteiger partial charge on any atom is 0.306 e. The zero-order chi connectivity index (χ0) is 19.8. The van der Waals surface area contributed by atoms with Crippen LogP contribution in [0.3, 0.4) is 0 Å². The molecule has 1 heterocycles. The predicted molar refractivity (Wildman–Crippen MR) is 98.9 cm³/mol. The number of piperidine rings is 1. The SMILES string of the molecule is CCc1ccc(C(=O)CCC(=O)OCC(=O)N2CCCCC2C(N)=O)cc1. The molecule has 0 radical (unpaired) electrons. The Bertz CT molecular complexity index is 699. The first kappa shape index (κ1) is 20.6. The third-order valence-electron chi connectivity index (χ3n) is 4.75. The van der Waals surface area contributed by atoms with Crippen molar-refractivity contribution in [3.63, 3.8) is 0 Å². The largest absolute Gasteiger partial charge is 0.456 e. The van der Waals surface area contributed by atoms with E-state index in [1.165, 1.54) is 4.90 Å². The van der Waals surface area contributed by atoms with Gasteiger partial charge in [-0.2, -0.15) is 0 Å². The molecule has 1 aliphatic rings. The number of aryl methyl sites for hydroxylation is 1. The fourth-order valence-corrected chi connectivity index (χ4v) is 3.11. The lowest BCUT2D eigenvalue weighted by atomic mass is 10.0. The number of ether oxygens (including phenoxy) is 1. The number of ketones is 1. The summed E-state index contributed by atoms with van der Waals surface area (Å²) in [6, 6.07) is 6.63. The molecular weight excluding hydrogens is 348 g/mol. The molecular formula is C20H26N2O5. The number of likely N-dealkylation sites (tertiary alicyclic amines) is 1. The second-order valence-corrected chi connectivity index (χ2v) is 6.64. The Hall–Kier alpha value is -2.70. The molecule has 1 aromatic carbocycles. The van der Waals surface area contributed by atoms with Gasteiger partial charge >= 0.3 is 5.97 Å². The summed E-state index contributed by atoms with van der Waals surface area (Å²) in [5.74, 6) is -1.75. The van der Waals surface area contributed by atoms with E-state index >= 15 is 0 Å². The van der Waals surface area contributed by atoms with Gasteiger partial charge in [0, 0.05) is 18.5 Å². The van der Waals surface area contributed by atoms with E-state index in [0.29, 0.717) is 18.5 Å². The lowest BCUT2D eigenvalue weighted by Gasteiger charge is -2.33. The molecule has 1 saturated heterocycles. The fourth-order valence-electron chi connectivity index (χ4n) is 3.11. The third kappa shape index (κ3) is 5.91. The Morgan fingerprint density at radius 2 is 1.81 bits per heavy atom. The van der Waals surface area contributed by atoms with Gasteiger partial charge in [0.2, 0.25) is 5.91 Å². The number of primary amides is 1. The quantitative estimate of drug-likeness (QED) is 0.550. The number of rotatable bonds is 8. The van der Waals surface area contributed by atoms with Gasteiger partial charge in [0.15, 0.2) is 12.4 Å². The molecule has 27 heavy (non-hydrogen) atoms. The number of amides is 2. The van der Waals surface area contributed by atoms with Crippen molar-refractivity contribution in [2.75, 3.05) is 13.2 Å². The normalized spacial score (nSPS) is 16.6. The van der Waals surface area contributed by atoms with Crippen molar-refractivity contribution in [1.29, 1.82) is 0 Å². The van der Waals surface area contributed by atoms with Gasteiger partial charge in [0.25, 0.3) is 5.91 Å². The van der Waals surface area contributed by atoms with Crippen LogP contribution >= 0.6 is 0 Å². The minimum absolute atomic E-state index is 0.0200. The van der Waals surface area contributed by atoms with Gasteiger partial charge in [-0.25, -0.2) is 0 Å². The van der Waals surface area contributed by atoms with Gasteiger partial charge < -0.3 is 15.4 Å². The highest BCUT2D eigenvalue weighted by Crippen LogP contribution is 2.17. The van der Waals surface area contributed by atoms with Gasteiger partial charge in [-0.3, -0.25) is 19.2 Å². The summed E-state index contributed by atoms with van der Waals surface area (Å²) in [7, 11) is 0. The van der Waals surface area contributed by atoms with E-state index in [1.54, 1.807) is 12.1 Å². The minimum Gasteiger partial charge on any atom is -0.456 e. The third-order valence-corrected chi connectivity index (χ3v) is 4.75. The standard InChI is InChI=1S/C20H26N2O5/c1-2-14-6-8-15(9-7-14)17(23)10-11-19(25)27-13-18(24)22-12-4-3-5-16(22)20(21)26/h6-9,16H,2-5,10-13H2,1H3,(H2,21,26). The molecule has 2 N–H and O–H groups in total. The molecule has 0 aromatic heterocycles. The zero-order valence-electron chi connectivity index (χ0n) is 15.6. The van der Waals surface area contributed by atoms with Crippen molar-refractivity contribution in [3.05, 3.63) is 35.4 Å². The Morgan fingerprint density at radius 1 is 1.11 bits per heavy atom. The summed E-state index contributed by atoms with van der Waals surface area (Å²) in [5, 5.41) is 0. The summed E-state index contributed by atoms with van der Waals surface area (Å²) in [6.07, 6.45) is 2.96. The summed E-state index contributed by atoms with van der Waals surface area (Å²) in [6.45, 7) is 2.02. The van der Waals surface area contributed by atoms with Gasteiger partial charge in [-0.15, -0.1) is 0 Å². The van der Waals surface area contributed by atoms with Crippen LogP contribution in [0.5, 0.6) is 0 Å². The molecule has 7 nitrogen and oxygen atoms in total. The lowest BCUT2D eigenvalue weighted by molar-refractivity contribution is -0.154. The molecule has 146 valence electrons. The van der Waals surface area contributed by atoms with Crippen LogP contribution in [0, 0.1) is 0 Å². The summed E-state index contributed by atoms with van der Waals surface area (Å²) >= 11 is 0. The van der Waals surface area contributed by atoms with Crippen molar-refractivity contribution >= 4 is 23.6 Å². The van der Waals surface area contributed by atoms with Crippen LogP contribution < -0.4 is 5.73 Å². The highest BCUT2D eigenvalue weighted by atomic mass is 16.5. The number of hydrogen-bond donors (Lipinski definition) is 1. The first-order valence-corrected chi connectivity index (χ1v) is 9.29. The van der Waals surface area contributed by atoms with E-state index in [2.05, 4.69) is 0 Å². The molecule has 1 aliphatic heterocycles. The number of carbonyl (C=O) groups is 4. The highest BCUT2D eigenvalue weighted by molar-refractivity contribution is 5.97. The number of carbonyl (C=O) groups excluding carboxylic acids is 4. The van der Waals surface area contributed by atoms with Crippen molar-refractivity contribution in [2.45, 2.75) is 51.5 Å². The van der Waals surface area contributed by atoms with E-state index in [4.69, 9.17) is 10.5 Å². The van der Waals surface area contributed by atoms with Crippen LogP contribution in [-0.4, -0.2) is 47.7 Å². The molecule has 2 amide bonds. The van der Waals surface area contributed by atoms with E-state index in [0.717, 1.165) is 24.8 Å². The van der Waals surface area contributed by atoms with E-state index in [1.807, 2.05) is 19.1 Å². The van der Waals surface area contributed by atoms with E-state index in [-0.39, 0.29) is 18.6 Å². The highest BCUT2D eigenvalue weighted by Gasteiger charge is 2.30. The monoisotopic (exact) mass is 374 g/mol. The topological polar surface area (TPSA) is 107 Å². The molecule has 0 saturated carbocycles. The molecule has 7 heteroatoms. The first-order chi connectivity index (χ1) is 12.9. The van der Waals surface area contributed by atoms with Crippen molar-refractivity contribution < 1.29 is 23.9 Å². The minimum atomic E-state index is -0.641. The van der Waals surface area contributed by atoms with Crippen molar-refractivity contribution in [1.82, 2.24) is 4.90 Å². The Balaban J connectivity index is 1.77. The number of nitrogens with zero attached hydrogens (tertiary/aromatic N) is 1. The maximum atomic E-state index is 12.2. The summed E-state index contributed by atoms with van der Waals surface area (Å²) in [4.78, 5) is 49.0. The van der Waals surface area contributed by atoms with Crippen LogP contribution in [0.4, 0.5) is 0 Å². The molecule has 1 unspecified atom stereocenters. The Labute approximate surface area is 158 Å². The average molecular weight is 374 g/mol. The van der Waals surface area contributed by atoms with Crippen LogP contribution in [0.15, 0.2) is 24.3 Å². The van der Waals surface area contributed by atoms with Crippen LogP contribution in [-0.2, 0) is 25.5 Å². The molecule has 0 bridgehead atoms. The van der Waals surface area contributed by atoms with Crippen LogP contribution in [0.25, 0.3) is 0 Å². The van der Waals surface area contributed by atoms with Gasteiger partial charge in [0.1, 0.15) is 6.04 Å². The van der Waals surface area contributed by atoms with E-state index in [9.17, 15) is 19.2 Å². The van der Waals surface area contributed by atoms with Gasteiger partial charge in [-0.05, 0) is 31.2 Å². The van der Waals surface area contributed by atoms with Crippen LogP contribution in [0.1, 0.15) is 54.9 Å². The van der Waals surface area contributed by atoms with Crippen molar-refractivity contribution in [2.24, 2.45) is 5.73 Å². The van der Waals surface area contributed by atoms with E-state index < -0.39 is 30.4 Å². The van der Waals surface area contributed by atoms with Crippen LogP contribution in [0.2, 0.25) is 0 Å². The molecule has 0 aliphatic carbocycles. The first-order valence-electron chi connectivity index (χ1n) is 9.29. The second kappa shape index (κ2) is 9.85. The van der Waals surface area contributed by atoms with Gasteiger partial charge in [0.05, 0.1) is 6.42 Å². The zero-order valence-corrected chi connectivity index (χ0v) is 15.6. The van der Waals surface area contributed by atoms with Crippen molar-refractivity contribution in [3.8, 4) is 0 Å². The molecule has 2 rings (SSSR count). The average Bonchev–Trinajstić information content (AvgIpc) is 2.70. The number of esters is 1. The summed E-state index contributed by atoms with van der Waals surface area (Å²) < 4.78 is 4.97. The Morgan fingerprint density at radius 3 is 2.44 bits per heavy atom. The maximum absolute atomic E-state index is 12.2. The smallest absolute Gasteiger partial charge is 0.306 e. The molecule has 0 spiro atoms. The molecule has 1 fully saturated rings. The Kier molecular flexibility index (Phi) is 7.52.